The van der Waals surface area contributed by atoms with Crippen molar-refractivity contribution in [3.05, 3.63) is 35.9 Å². The van der Waals surface area contributed by atoms with Gasteiger partial charge < -0.3 is 15.2 Å². The Balaban J connectivity index is 2.69. The number of Topliss-reactive ketones (excluding diaryl/α,β-unsaturated/α-hetero) is 1. The van der Waals surface area contributed by atoms with Crippen LogP contribution in [-0.2, 0) is 30.5 Å². The highest BCUT2D eigenvalue weighted by Crippen LogP contribution is 2.17. The van der Waals surface area contributed by atoms with Gasteiger partial charge in [-0.1, -0.05) is 44.2 Å². The number of ether oxygens (including phenoxy) is 1. The van der Waals surface area contributed by atoms with Gasteiger partial charge in [-0.25, -0.2) is 4.39 Å². The Morgan fingerprint density at radius 1 is 1.11 bits per heavy atom. The molecule has 2 N–H and O–H groups in total. The molecule has 0 heterocycles. The highest BCUT2D eigenvalue weighted by Gasteiger charge is 2.30. The van der Waals surface area contributed by atoms with Crippen LogP contribution in [0.2, 0.25) is 0 Å². The number of rotatable bonds is 11. The molecule has 1 aromatic carbocycles. The van der Waals surface area contributed by atoms with Crippen molar-refractivity contribution in [2.24, 2.45) is 11.8 Å². The van der Waals surface area contributed by atoms with Gasteiger partial charge >= 0.3 is 11.9 Å². The van der Waals surface area contributed by atoms with Crippen LogP contribution >= 0.6 is 0 Å². The summed E-state index contributed by atoms with van der Waals surface area (Å²) in [6.07, 6.45) is -0.961. The molecular weight excluding hydrogens is 357 g/mol. The van der Waals surface area contributed by atoms with Crippen molar-refractivity contribution in [3.8, 4) is 0 Å². The van der Waals surface area contributed by atoms with E-state index in [0.717, 1.165) is 5.56 Å². The minimum absolute atomic E-state index is 0.0636. The van der Waals surface area contributed by atoms with Gasteiger partial charge in [-0.15, -0.1) is 0 Å². The molecule has 27 heavy (non-hydrogen) atoms. The van der Waals surface area contributed by atoms with E-state index >= 15 is 0 Å². The van der Waals surface area contributed by atoms with Crippen molar-refractivity contribution in [2.75, 3.05) is 6.67 Å². The standard InChI is InChI=1S/C19H24FNO6/c1-12(2)14(8-18(25)27-11-13-6-4-3-5-7-13)19(26)21-15(9-17(23)24)16(22)10-20/h3-7,12,14-15H,8-11H2,1-2H3,(H,21,26)(H,23,24)/t14-,15?/m0/s1. The molecule has 2 atom stereocenters. The first-order valence-electron chi connectivity index (χ1n) is 8.55. The third-order valence-electron chi connectivity index (χ3n) is 3.99. The van der Waals surface area contributed by atoms with Gasteiger partial charge in [0.15, 0.2) is 5.78 Å². The van der Waals surface area contributed by atoms with Crippen LogP contribution in [0.4, 0.5) is 4.39 Å². The molecule has 0 saturated heterocycles. The monoisotopic (exact) mass is 381 g/mol. The van der Waals surface area contributed by atoms with E-state index in [1.165, 1.54) is 0 Å². The largest absolute Gasteiger partial charge is 0.481 e. The number of ketones is 1. The number of benzene rings is 1. The summed E-state index contributed by atoms with van der Waals surface area (Å²) < 4.78 is 17.8. The average Bonchev–Trinajstić information content (AvgIpc) is 2.63. The number of esters is 1. The molecule has 0 bridgehead atoms. The number of halogens is 1. The lowest BCUT2D eigenvalue weighted by molar-refractivity contribution is -0.149. The summed E-state index contributed by atoms with van der Waals surface area (Å²) in [4.78, 5) is 46.8. The zero-order valence-electron chi connectivity index (χ0n) is 15.3. The van der Waals surface area contributed by atoms with E-state index in [1.54, 1.807) is 38.1 Å². The van der Waals surface area contributed by atoms with Crippen molar-refractivity contribution < 1.29 is 33.4 Å². The van der Waals surface area contributed by atoms with Crippen LogP contribution in [-0.4, -0.2) is 41.5 Å². The van der Waals surface area contributed by atoms with Crippen LogP contribution in [0.15, 0.2) is 30.3 Å². The average molecular weight is 381 g/mol. The quantitative estimate of drug-likeness (QED) is 0.567. The van der Waals surface area contributed by atoms with Gasteiger partial charge in [-0.3, -0.25) is 19.2 Å². The maximum Gasteiger partial charge on any atom is 0.306 e. The maximum absolute atomic E-state index is 12.6. The summed E-state index contributed by atoms with van der Waals surface area (Å²) in [5, 5.41) is 11.1. The molecule has 1 aromatic rings. The van der Waals surface area contributed by atoms with Crippen LogP contribution < -0.4 is 5.32 Å². The molecule has 0 aliphatic heterocycles. The molecule has 0 fully saturated rings. The van der Waals surface area contributed by atoms with Crippen molar-refractivity contribution in [1.29, 1.82) is 0 Å². The zero-order valence-corrected chi connectivity index (χ0v) is 15.3. The first-order chi connectivity index (χ1) is 12.7. The second-order valence-electron chi connectivity index (χ2n) is 6.46. The van der Waals surface area contributed by atoms with E-state index < -0.39 is 48.7 Å². The minimum Gasteiger partial charge on any atom is -0.481 e. The molecule has 7 nitrogen and oxygen atoms in total. The highest BCUT2D eigenvalue weighted by molar-refractivity contribution is 5.93. The highest BCUT2D eigenvalue weighted by atomic mass is 19.1. The van der Waals surface area contributed by atoms with Crippen LogP contribution in [0, 0.1) is 11.8 Å². The Morgan fingerprint density at radius 3 is 2.26 bits per heavy atom. The minimum atomic E-state index is -1.47. The first-order valence-corrected chi connectivity index (χ1v) is 8.55. The number of carboxylic acids is 1. The molecular formula is C19H24FNO6. The molecule has 8 heteroatoms. The van der Waals surface area contributed by atoms with Gasteiger partial charge in [0.25, 0.3) is 0 Å². The van der Waals surface area contributed by atoms with E-state index in [9.17, 15) is 23.6 Å². The van der Waals surface area contributed by atoms with Crippen LogP contribution in [0.1, 0.15) is 32.3 Å². The molecule has 148 valence electrons. The lowest BCUT2D eigenvalue weighted by Gasteiger charge is -2.22. The normalized spacial score (nSPS) is 12.9. The van der Waals surface area contributed by atoms with E-state index in [-0.39, 0.29) is 18.9 Å². The molecule has 0 radical (unpaired) electrons. The predicted octanol–water partition coefficient (Wildman–Crippen LogP) is 1.89. The molecule has 1 amide bonds. The Kier molecular flexibility index (Phi) is 9.12. The third kappa shape index (κ3) is 7.98. The number of amides is 1. The summed E-state index contributed by atoms with van der Waals surface area (Å²) in [5.41, 5.74) is 0.798. The molecule has 0 aliphatic carbocycles. The van der Waals surface area contributed by atoms with Crippen molar-refractivity contribution >= 4 is 23.6 Å². The summed E-state index contributed by atoms with van der Waals surface area (Å²) in [7, 11) is 0. The number of aliphatic carboxylic acids is 1. The van der Waals surface area contributed by atoms with Crippen molar-refractivity contribution in [2.45, 2.75) is 39.3 Å². The SMILES string of the molecule is CC(C)[C@H](CC(=O)OCc1ccccc1)C(=O)NC(CC(=O)O)C(=O)CF. The van der Waals surface area contributed by atoms with Gasteiger partial charge in [0.2, 0.25) is 5.91 Å². The Hall–Kier alpha value is -2.77. The summed E-state index contributed by atoms with van der Waals surface area (Å²) in [6, 6.07) is 7.55. The molecule has 0 saturated carbocycles. The van der Waals surface area contributed by atoms with Gasteiger partial charge in [-0.05, 0) is 11.5 Å². The van der Waals surface area contributed by atoms with Gasteiger partial charge in [0.1, 0.15) is 19.3 Å². The Morgan fingerprint density at radius 2 is 1.74 bits per heavy atom. The fraction of sp³-hybridized carbons (Fsp3) is 0.474. The summed E-state index contributed by atoms with van der Waals surface area (Å²) in [5.74, 6) is -4.77. The second kappa shape index (κ2) is 11.1. The predicted molar refractivity (Wildman–Crippen MR) is 94.3 cm³/mol. The number of nitrogens with one attached hydrogen (secondary N) is 1. The Labute approximate surface area is 156 Å². The van der Waals surface area contributed by atoms with E-state index in [0.29, 0.717) is 0 Å². The molecule has 0 spiro atoms. The van der Waals surface area contributed by atoms with Crippen LogP contribution in [0.5, 0.6) is 0 Å². The van der Waals surface area contributed by atoms with Crippen molar-refractivity contribution in [3.63, 3.8) is 0 Å². The van der Waals surface area contributed by atoms with Gasteiger partial charge in [-0.2, -0.15) is 0 Å². The zero-order chi connectivity index (χ0) is 20.4. The molecule has 0 aliphatic rings. The van der Waals surface area contributed by atoms with E-state index in [2.05, 4.69) is 5.32 Å². The van der Waals surface area contributed by atoms with E-state index in [1.807, 2.05) is 6.07 Å². The first kappa shape index (κ1) is 22.3. The van der Waals surface area contributed by atoms with Crippen LogP contribution in [0.25, 0.3) is 0 Å². The van der Waals surface area contributed by atoms with Crippen molar-refractivity contribution in [1.82, 2.24) is 5.32 Å². The van der Waals surface area contributed by atoms with Gasteiger partial charge in [0.05, 0.1) is 18.8 Å². The number of carbonyl (C=O) groups is 4. The van der Waals surface area contributed by atoms with E-state index in [4.69, 9.17) is 9.84 Å². The fourth-order valence-corrected chi connectivity index (χ4v) is 2.40. The van der Waals surface area contributed by atoms with Crippen LogP contribution in [0.3, 0.4) is 0 Å². The Bertz CT molecular complexity index is 661. The fourth-order valence-electron chi connectivity index (χ4n) is 2.40. The number of carbonyl (C=O) groups excluding carboxylic acids is 3. The molecule has 0 aromatic heterocycles. The maximum atomic E-state index is 12.6. The molecule has 1 rings (SSSR count). The number of alkyl halides is 1. The lowest BCUT2D eigenvalue weighted by atomic mass is 9.91. The number of hydrogen-bond donors (Lipinski definition) is 2. The number of carboxylic acid groups (broad SMARTS) is 1. The van der Waals surface area contributed by atoms with Gasteiger partial charge in [0, 0.05) is 0 Å². The second-order valence-corrected chi connectivity index (χ2v) is 6.46. The topological polar surface area (TPSA) is 110 Å². The smallest absolute Gasteiger partial charge is 0.306 e. The third-order valence-corrected chi connectivity index (χ3v) is 3.99. The molecule has 1 unspecified atom stereocenters. The number of hydrogen-bond acceptors (Lipinski definition) is 5. The lowest BCUT2D eigenvalue weighted by Crippen LogP contribution is -2.46. The summed E-state index contributed by atoms with van der Waals surface area (Å²) in [6.45, 7) is 2.09. The summed E-state index contributed by atoms with van der Waals surface area (Å²) >= 11 is 0.